The first-order valence-corrected chi connectivity index (χ1v) is 7.96. The molecular weight excluding hydrogens is 240 g/mol. The Morgan fingerprint density at radius 3 is 2.65 bits per heavy atom. The van der Waals surface area contributed by atoms with Crippen LogP contribution in [0.5, 0.6) is 0 Å². The van der Waals surface area contributed by atoms with Crippen LogP contribution >= 0.6 is 0 Å². The average molecular weight is 270 g/mol. The number of rotatable bonds is 8. The summed E-state index contributed by atoms with van der Waals surface area (Å²) in [6.45, 7) is 13.0. The van der Waals surface area contributed by atoms with E-state index in [0.29, 0.717) is 11.8 Å². The molecule has 0 aliphatic rings. The fourth-order valence-corrected chi connectivity index (χ4v) is 2.55. The summed E-state index contributed by atoms with van der Waals surface area (Å²) in [5.41, 5.74) is 4.20. The first kappa shape index (κ1) is 16.8. The molecule has 0 N–H and O–H groups in total. The van der Waals surface area contributed by atoms with E-state index in [1.807, 2.05) is 0 Å². The van der Waals surface area contributed by atoms with E-state index in [1.165, 1.54) is 23.1 Å². The van der Waals surface area contributed by atoms with Crippen molar-refractivity contribution in [2.75, 3.05) is 0 Å². The lowest BCUT2D eigenvalue weighted by atomic mass is 9.90. The van der Waals surface area contributed by atoms with E-state index in [4.69, 9.17) is 0 Å². The van der Waals surface area contributed by atoms with Gasteiger partial charge in [0.25, 0.3) is 0 Å². The van der Waals surface area contributed by atoms with E-state index in [0.717, 1.165) is 19.3 Å². The van der Waals surface area contributed by atoms with Gasteiger partial charge in [-0.2, -0.15) is 0 Å². The topological polar surface area (TPSA) is 0 Å². The van der Waals surface area contributed by atoms with Gasteiger partial charge in [-0.15, -0.1) is 6.58 Å². The first-order chi connectivity index (χ1) is 9.56. The highest BCUT2D eigenvalue weighted by Gasteiger charge is 2.09. The Morgan fingerprint density at radius 2 is 2.05 bits per heavy atom. The van der Waals surface area contributed by atoms with Crippen LogP contribution in [0.4, 0.5) is 0 Å². The molecule has 0 saturated heterocycles. The molecule has 0 radical (unpaired) electrons. The van der Waals surface area contributed by atoms with Crippen LogP contribution in [0, 0.1) is 5.92 Å². The maximum atomic E-state index is 4.07. The van der Waals surface area contributed by atoms with Gasteiger partial charge in [0.2, 0.25) is 0 Å². The Kier molecular flexibility index (Phi) is 7.36. The molecule has 0 nitrogen and oxygen atoms in total. The van der Waals surface area contributed by atoms with E-state index >= 15 is 0 Å². The standard InChI is InChI=1S/C20H30/c1-6-8-10-18(13-16(3)4)14-19-11-9-12-20(15-19)17(5)7-2/h8-12,15,17-18H,3,6-7,13-14H2,1-2,4-5H3. The fraction of sp³-hybridized carbons (Fsp3) is 0.500. The van der Waals surface area contributed by atoms with Gasteiger partial charge in [0.05, 0.1) is 0 Å². The Balaban J connectivity index is 2.81. The van der Waals surface area contributed by atoms with Gasteiger partial charge < -0.3 is 0 Å². The van der Waals surface area contributed by atoms with Crippen molar-refractivity contribution in [1.82, 2.24) is 0 Å². The molecule has 20 heavy (non-hydrogen) atoms. The van der Waals surface area contributed by atoms with E-state index in [1.54, 1.807) is 0 Å². The Hall–Kier alpha value is -1.30. The minimum atomic E-state index is 0.583. The zero-order chi connectivity index (χ0) is 15.0. The van der Waals surface area contributed by atoms with E-state index < -0.39 is 0 Å². The SMILES string of the molecule is C=C(C)CC(C=CCC)Cc1cccc(C(C)CC)c1. The largest absolute Gasteiger partial charge is 0.100 e. The maximum absolute atomic E-state index is 4.07. The van der Waals surface area contributed by atoms with Crippen LogP contribution in [0.15, 0.2) is 48.6 Å². The summed E-state index contributed by atoms with van der Waals surface area (Å²) < 4.78 is 0. The molecule has 0 aliphatic heterocycles. The monoisotopic (exact) mass is 270 g/mol. The normalized spacial score (nSPS) is 14.4. The molecule has 2 unspecified atom stereocenters. The first-order valence-electron chi connectivity index (χ1n) is 7.96. The maximum Gasteiger partial charge on any atom is -0.0156 e. The third kappa shape index (κ3) is 5.77. The highest BCUT2D eigenvalue weighted by Crippen LogP contribution is 2.23. The molecule has 1 aromatic rings. The van der Waals surface area contributed by atoms with E-state index in [9.17, 15) is 0 Å². The third-order valence-corrected chi connectivity index (χ3v) is 3.88. The molecule has 2 atom stereocenters. The van der Waals surface area contributed by atoms with Gasteiger partial charge in [-0.25, -0.2) is 0 Å². The zero-order valence-corrected chi connectivity index (χ0v) is 13.7. The van der Waals surface area contributed by atoms with Crippen LogP contribution in [-0.2, 0) is 6.42 Å². The van der Waals surface area contributed by atoms with Crippen molar-refractivity contribution >= 4 is 0 Å². The molecule has 0 bridgehead atoms. The fourth-order valence-electron chi connectivity index (χ4n) is 2.55. The molecule has 0 heteroatoms. The highest BCUT2D eigenvalue weighted by molar-refractivity contribution is 5.27. The molecule has 0 aromatic heterocycles. The van der Waals surface area contributed by atoms with Crippen molar-refractivity contribution in [3.05, 3.63) is 59.7 Å². The second-order valence-corrected chi connectivity index (χ2v) is 6.02. The minimum Gasteiger partial charge on any atom is -0.100 e. The molecule has 0 fully saturated rings. The second-order valence-electron chi connectivity index (χ2n) is 6.02. The van der Waals surface area contributed by atoms with Gasteiger partial charge in [-0.1, -0.05) is 62.8 Å². The second kappa shape index (κ2) is 8.79. The highest BCUT2D eigenvalue weighted by atomic mass is 14.1. The Morgan fingerprint density at radius 1 is 1.30 bits per heavy atom. The number of allylic oxidation sites excluding steroid dienone is 3. The van der Waals surface area contributed by atoms with Gasteiger partial charge in [-0.3, -0.25) is 0 Å². The average Bonchev–Trinajstić information content (AvgIpc) is 2.43. The van der Waals surface area contributed by atoms with E-state index in [-0.39, 0.29) is 0 Å². The van der Waals surface area contributed by atoms with Crippen molar-refractivity contribution in [2.45, 2.75) is 59.3 Å². The Labute approximate surface area is 125 Å². The minimum absolute atomic E-state index is 0.583. The Bertz CT molecular complexity index is 439. The lowest BCUT2D eigenvalue weighted by Crippen LogP contribution is -2.03. The molecule has 1 rings (SSSR count). The van der Waals surface area contributed by atoms with Crippen LogP contribution in [0.25, 0.3) is 0 Å². The van der Waals surface area contributed by atoms with Crippen molar-refractivity contribution in [2.24, 2.45) is 5.92 Å². The van der Waals surface area contributed by atoms with Crippen LogP contribution in [0.3, 0.4) is 0 Å². The number of benzene rings is 1. The molecule has 0 saturated carbocycles. The van der Waals surface area contributed by atoms with Crippen LogP contribution in [0.2, 0.25) is 0 Å². The summed E-state index contributed by atoms with van der Waals surface area (Å²) in [6.07, 6.45) is 9.17. The van der Waals surface area contributed by atoms with Gasteiger partial charge in [0, 0.05) is 0 Å². The summed E-state index contributed by atoms with van der Waals surface area (Å²) in [6, 6.07) is 9.11. The number of hydrogen-bond donors (Lipinski definition) is 0. The summed E-state index contributed by atoms with van der Waals surface area (Å²) in [4.78, 5) is 0. The molecule has 0 aliphatic carbocycles. The molecule has 0 heterocycles. The number of hydrogen-bond acceptors (Lipinski definition) is 0. The van der Waals surface area contributed by atoms with Crippen molar-refractivity contribution in [1.29, 1.82) is 0 Å². The van der Waals surface area contributed by atoms with Gasteiger partial charge in [-0.05, 0) is 55.6 Å². The van der Waals surface area contributed by atoms with Crippen LogP contribution < -0.4 is 0 Å². The predicted molar refractivity (Wildman–Crippen MR) is 91.2 cm³/mol. The summed E-state index contributed by atoms with van der Waals surface area (Å²) in [7, 11) is 0. The quantitative estimate of drug-likeness (QED) is 0.487. The van der Waals surface area contributed by atoms with Crippen molar-refractivity contribution in [3.8, 4) is 0 Å². The lowest BCUT2D eigenvalue weighted by Gasteiger charge is -2.15. The molecule has 1 aromatic carbocycles. The van der Waals surface area contributed by atoms with Crippen molar-refractivity contribution in [3.63, 3.8) is 0 Å². The smallest absolute Gasteiger partial charge is 0.0156 e. The summed E-state index contributed by atoms with van der Waals surface area (Å²) in [5.74, 6) is 1.24. The van der Waals surface area contributed by atoms with Gasteiger partial charge in [0.15, 0.2) is 0 Å². The molecule has 110 valence electrons. The van der Waals surface area contributed by atoms with Gasteiger partial charge >= 0.3 is 0 Å². The summed E-state index contributed by atoms with van der Waals surface area (Å²) >= 11 is 0. The molecule has 0 amide bonds. The summed E-state index contributed by atoms with van der Waals surface area (Å²) in [5, 5.41) is 0. The molecule has 0 spiro atoms. The predicted octanol–water partition coefficient (Wildman–Crippen LogP) is 6.29. The lowest BCUT2D eigenvalue weighted by molar-refractivity contribution is 0.636. The van der Waals surface area contributed by atoms with Crippen LogP contribution in [-0.4, -0.2) is 0 Å². The van der Waals surface area contributed by atoms with E-state index in [2.05, 4.69) is 70.7 Å². The molecular formula is C20H30. The van der Waals surface area contributed by atoms with Gasteiger partial charge in [0.1, 0.15) is 0 Å². The third-order valence-electron chi connectivity index (χ3n) is 3.88. The zero-order valence-electron chi connectivity index (χ0n) is 13.7. The van der Waals surface area contributed by atoms with Crippen LogP contribution in [0.1, 0.15) is 64.0 Å². The van der Waals surface area contributed by atoms with Crippen molar-refractivity contribution < 1.29 is 0 Å².